The summed E-state index contributed by atoms with van der Waals surface area (Å²) in [5.74, 6) is 1.23. The van der Waals surface area contributed by atoms with E-state index >= 15 is 0 Å². The summed E-state index contributed by atoms with van der Waals surface area (Å²) in [7, 11) is 1.55. The van der Waals surface area contributed by atoms with Crippen molar-refractivity contribution in [2.24, 2.45) is 7.05 Å². The van der Waals surface area contributed by atoms with Crippen molar-refractivity contribution >= 4 is 22.4 Å². The van der Waals surface area contributed by atoms with Gasteiger partial charge >= 0.3 is 6.18 Å². The number of aromatic amines is 1. The fraction of sp³-hybridized carbons (Fsp3) is 0.192. The van der Waals surface area contributed by atoms with E-state index in [4.69, 9.17) is 4.98 Å². The summed E-state index contributed by atoms with van der Waals surface area (Å²) in [6.07, 6.45) is 0.0908. The molecule has 5 aromatic rings. The zero-order valence-corrected chi connectivity index (χ0v) is 19.4. The Balaban J connectivity index is 1.44. The first kappa shape index (κ1) is 22.6. The summed E-state index contributed by atoms with van der Waals surface area (Å²) < 4.78 is 40.4. The number of hydrogen-bond acceptors (Lipinski definition) is 4. The van der Waals surface area contributed by atoms with E-state index in [1.54, 1.807) is 37.5 Å². The number of aryl methyl sites for hydroxylation is 1. The van der Waals surface area contributed by atoms with E-state index in [1.165, 1.54) is 10.1 Å². The Morgan fingerprint density at radius 2 is 1.74 bits per heavy atom. The van der Waals surface area contributed by atoms with Crippen LogP contribution in [0.2, 0.25) is 0 Å². The van der Waals surface area contributed by atoms with Gasteiger partial charge in [-0.2, -0.15) is 13.2 Å². The van der Waals surface area contributed by atoms with E-state index in [-0.39, 0.29) is 5.82 Å². The lowest BCUT2D eigenvalue weighted by Crippen LogP contribution is -2.04. The van der Waals surface area contributed by atoms with E-state index in [2.05, 4.69) is 40.2 Å². The molecule has 3 heterocycles. The quantitative estimate of drug-likeness (QED) is 0.289. The summed E-state index contributed by atoms with van der Waals surface area (Å²) >= 11 is 0. The third-order valence-electron chi connectivity index (χ3n) is 5.83. The van der Waals surface area contributed by atoms with Crippen molar-refractivity contribution in [1.82, 2.24) is 24.5 Å². The molecule has 0 atom stereocenters. The molecule has 0 aliphatic carbocycles. The fourth-order valence-corrected chi connectivity index (χ4v) is 4.07. The van der Waals surface area contributed by atoms with Crippen LogP contribution in [-0.2, 0) is 13.2 Å². The van der Waals surface area contributed by atoms with E-state index in [0.717, 1.165) is 34.2 Å². The van der Waals surface area contributed by atoms with E-state index in [1.807, 2.05) is 24.4 Å². The molecule has 3 aromatic heterocycles. The van der Waals surface area contributed by atoms with Crippen LogP contribution in [0.15, 0.2) is 67.1 Å². The summed E-state index contributed by atoms with van der Waals surface area (Å²) in [6, 6.07) is 15.2. The number of halogens is 3. The first-order chi connectivity index (χ1) is 16.7. The van der Waals surface area contributed by atoms with Crippen molar-refractivity contribution < 1.29 is 13.2 Å². The topological polar surface area (TPSA) is 71.4 Å². The van der Waals surface area contributed by atoms with Gasteiger partial charge in [-0.15, -0.1) is 0 Å². The van der Waals surface area contributed by atoms with Gasteiger partial charge in [0.1, 0.15) is 11.3 Å². The molecule has 0 aliphatic rings. The molecule has 6 nitrogen and oxygen atoms in total. The van der Waals surface area contributed by atoms with Gasteiger partial charge in [0.2, 0.25) is 0 Å². The van der Waals surface area contributed by atoms with E-state index < -0.39 is 11.9 Å². The van der Waals surface area contributed by atoms with Crippen LogP contribution in [0.3, 0.4) is 0 Å². The van der Waals surface area contributed by atoms with Gasteiger partial charge in [-0.25, -0.2) is 15.0 Å². The number of fused-ring (bicyclic) bond motifs is 1. The average molecular weight is 477 g/mol. The molecule has 0 amide bonds. The number of imidazole rings is 1. The number of hydrogen-bond donors (Lipinski definition) is 2. The number of alkyl halides is 3. The monoisotopic (exact) mass is 476 g/mol. The number of nitrogens with one attached hydrogen (secondary N) is 2. The number of rotatable bonds is 5. The third-order valence-corrected chi connectivity index (χ3v) is 5.83. The zero-order valence-electron chi connectivity index (χ0n) is 19.4. The molecular weight excluding hydrogens is 453 g/mol. The Hall–Kier alpha value is -4.14. The minimum atomic E-state index is -4.48. The molecule has 0 radical (unpaired) electrons. The molecule has 178 valence electrons. The largest absolute Gasteiger partial charge is 0.434 e. The maximum atomic E-state index is 13.0. The Morgan fingerprint density at radius 1 is 1.00 bits per heavy atom. The van der Waals surface area contributed by atoms with Crippen LogP contribution in [-0.4, -0.2) is 24.5 Å². The zero-order chi connectivity index (χ0) is 24.7. The van der Waals surface area contributed by atoms with Crippen molar-refractivity contribution in [3.8, 4) is 22.8 Å². The maximum Gasteiger partial charge on any atom is 0.434 e. The summed E-state index contributed by atoms with van der Waals surface area (Å²) in [4.78, 5) is 16.3. The summed E-state index contributed by atoms with van der Waals surface area (Å²) in [5, 5.41) is 3.34. The predicted octanol–water partition coefficient (Wildman–Crippen LogP) is 6.91. The van der Waals surface area contributed by atoms with Crippen LogP contribution in [0.25, 0.3) is 33.8 Å². The Kier molecular flexibility index (Phi) is 5.55. The van der Waals surface area contributed by atoms with Crippen LogP contribution in [0.1, 0.15) is 31.0 Å². The van der Waals surface area contributed by atoms with Gasteiger partial charge in [0, 0.05) is 36.3 Å². The summed E-state index contributed by atoms with van der Waals surface area (Å²) in [5.41, 5.74) is 4.93. The highest BCUT2D eigenvalue weighted by atomic mass is 19.4. The molecule has 5 rings (SSSR count). The number of H-pyrrole nitrogens is 1. The Morgan fingerprint density at radius 3 is 2.43 bits per heavy atom. The van der Waals surface area contributed by atoms with E-state index in [9.17, 15) is 13.2 Å². The summed E-state index contributed by atoms with van der Waals surface area (Å²) in [6.45, 7) is 4.28. The van der Waals surface area contributed by atoms with Gasteiger partial charge in [-0.1, -0.05) is 38.1 Å². The Bertz CT molecular complexity index is 1500. The van der Waals surface area contributed by atoms with Crippen molar-refractivity contribution in [1.29, 1.82) is 0 Å². The molecule has 0 fully saturated rings. The second kappa shape index (κ2) is 8.57. The number of aromatic nitrogens is 5. The van der Waals surface area contributed by atoms with Crippen LogP contribution in [0.5, 0.6) is 0 Å². The number of anilines is 2. The second-order valence-corrected chi connectivity index (χ2v) is 8.66. The van der Waals surface area contributed by atoms with Gasteiger partial charge in [0.15, 0.2) is 11.5 Å². The molecule has 2 N–H and O–H groups in total. The minimum absolute atomic E-state index is 0.247. The highest BCUT2D eigenvalue weighted by Crippen LogP contribution is 2.32. The molecule has 2 aromatic carbocycles. The fourth-order valence-electron chi connectivity index (χ4n) is 4.07. The lowest BCUT2D eigenvalue weighted by Gasteiger charge is -2.11. The normalized spacial score (nSPS) is 12.0. The smallest absolute Gasteiger partial charge is 0.357 e. The maximum absolute atomic E-state index is 13.0. The highest BCUT2D eigenvalue weighted by molar-refractivity contribution is 5.91. The SMILES string of the molecule is CC(C)c1ccccc1-c1ncc2[nH]cc(Nc3ccc(-c4nc(C(F)(F)F)cn4C)cc3)c2n1. The van der Waals surface area contributed by atoms with Gasteiger partial charge in [0.05, 0.1) is 17.4 Å². The van der Waals surface area contributed by atoms with E-state index in [0.29, 0.717) is 17.3 Å². The lowest BCUT2D eigenvalue weighted by molar-refractivity contribution is -0.140. The minimum Gasteiger partial charge on any atom is -0.357 e. The van der Waals surface area contributed by atoms with Gasteiger partial charge in [0.25, 0.3) is 0 Å². The van der Waals surface area contributed by atoms with Crippen molar-refractivity contribution in [2.75, 3.05) is 5.32 Å². The molecule has 0 spiro atoms. The van der Waals surface area contributed by atoms with Gasteiger partial charge in [-0.05, 0) is 35.7 Å². The van der Waals surface area contributed by atoms with Gasteiger partial charge < -0.3 is 14.9 Å². The molecule has 35 heavy (non-hydrogen) atoms. The first-order valence-corrected chi connectivity index (χ1v) is 11.1. The van der Waals surface area contributed by atoms with Crippen molar-refractivity contribution in [3.63, 3.8) is 0 Å². The number of benzene rings is 2. The predicted molar refractivity (Wildman–Crippen MR) is 130 cm³/mol. The third kappa shape index (κ3) is 4.37. The molecule has 0 unspecified atom stereocenters. The highest BCUT2D eigenvalue weighted by Gasteiger charge is 2.34. The molecule has 9 heteroatoms. The second-order valence-electron chi connectivity index (χ2n) is 8.66. The first-order valence-electron chi connectivity index (χ1n) is 11.1. The van der Waals surface area contributed by atoms with Crippen molar-refractivity contribution in [2.45, 2.75) is 25.9 Å². The molecule has 0 saturated heterocycles. The van der Waals surface area contributed by atoms with Crippen LogP contribution < -0.4 is 5.32 Å². The number of nitrogens with zero attached hydrogens (tertiary/aromatic N) is 4. The molecule has 0 bridgehead atoms. The standard InChI is InChI=1S/C26H23F3N6/c1-15(2)18-6-4-5-7-19(18)24-31-12-20-23(34-24)21(13-30-20)32-17-10-8-16(9-11-17)25-33-22(14-35(25)3)26(27,28)29/h4-15,30,32H,1-3H3. The van der Waals surface area contributed by atoms with Crippen molar-refractivity contribution in [3.05, 3.63) is 78.4 Å². The molecular formula is C26H23F3N6. The Labute approximate surface area is 199 Å². The van der Waals surface area contributed by atoms with Gasteiger partial charge in [-0.3, -0.25) is 0 Å². The van der Waals surface area contributed by atoms with Crippen LogP contribution in [0, 0.1) is 0 Å². The average Bonchev–Trinajstić information content (AvgIpc) is 3.43. The molecule has 0 saturated carbocycles. The van der Waals surface area contributed by atoms with Crippen LogP contribution in [0.4, 0.5) is 24.5 Å². The van der Waals surface area contributed by atoms with Crippen LogP contribution >= 0.6 is 0 Å². The lowest BCUT2D eigenvalue weighted by atomic mass is 9.97. The molecule has 0 aliphatic heterocycles.